The number of amides is 1. The van der Waals surface area contributed by atoms with Gasteiger partial charge in [-0.15, -0.1) is 0 Å². The minimum absolute atomic E-state index is 0.0193. The van der Waals surface area contributed by atoms with Gasteiger partial charge in [0.25, 0.3) is 0 Å². The quantitative estimate of drug-likeness (QED) is 0.223. The van der Waals surface area contributed by atoms with Gasteiger partial charge in [-0.25, -0.2) is 18.6 Å². The number of imidazole rings is 1. The number of ether oxygens (including phenoxy) is 1. The van der Waals surface area contributed by atoms with Crippen LogP contribution >= 0.6 is 0 Å². The number of hydrogen-bond donors (Lipinski definition) is 1. The van der Waals surface area contributed by atoms with E-state index in [0.717, 1.165) is 31.0 Å². The second-order valence-electron chi connectivity index (χ2n) is 10.6. The monoisotopic (exact) mass is 563 g/mol. The van der Waals surface area contributed by atoms with Crippen LogP contribution in [0, 0.1) is 11.6 Å². The smallest absolute Gasteiger partial charge is 0.416 e. The molecule has 1 N–H and O–H groups in total. The molecule has 11 heteroatoms. The second kappa shape index (κ2) is 10.7. The summed E-state index contributed by atoms with van der Waals surface area (Å²) < 4.78 is 75.7. The van der Waals surface area contributed by atoms with E-state index in [1.807, 2.05) is 20.8 Å². The highest BCUT2D eigenvalue weighted by molar-refractivity contribution is 6.03. The maximum Gasteiger partial charge on any atom is 0.416 e. The van der Waals surface area contributed by atoms with E-state index in [9.17, 15) is 27.2 Å². The summed E-state index contributed by atoms with van der Waals surface area (Å²) in [6, 6.07) is 4.31. The molecule has 1 fully saturated rings. The minimum atomic E-state index is -4.73. The highest BCUT2D eigenvalue weighted by Crippen LogP contribution is 2.50. The molecule has 0 spiro atoms. The number of hydrogen-bond acceptors (Lipinski definition) is 4. The maximum atomic E-state index is 15.6. The van der Waals surface area contributed by atoms with Gasteiger partial charge in [0.2, 0.25) is 5.91 Å². The van der Waals surface area contributed by atoms with Crippen LogP contribution in [-0.2, 0) is 26.5 Å². The van der Waals surface area contributed by atoms with E-state index in [1.165, 1.54) is 17.0 Å². The fourth-order valence-corrected chi connectivity index (χ4v) is 4.92. The summed E-state index contributed by atoms with van der Waals surface area (Å²) in [4.78, 5) is 30.5. The summed E-state index contributed by atoms with van der Waals surface area (Å²) in [5.41, 5.74) is -2.70. The molecule has 40 heavy (non-hydrogen) atoms. The Balaban J connectivity index is 1.68. The second-order valence-corrected chi connectivity index (χ2v) is 10.6. The molecular formula is C29H30F5N3O3. The van der Waals surface area contributed by atoms with Crippen molar-refractivity contribution in [2.24, 2.45) is 0 Å². The van der Waals surface area contributed by atoms with Gasteiger partial charge in [0, 0.05) is 22.9 Å². The van der Waals surface area contributed by atoms with Crippen LogP contribution in [0.15, 0.2) is 42.9 Å². The molecule has 1 amide bonds. The highest BCUT2D eigenvalue weighted by Gasteiger charge is 2.53. The lowest BCUT2D eigenvalue weighted by Crippen LogP contribution is -2.29. The molecule has 1 aliphatic carbocycles. The fourth-order valence-electron chi connectivity index (χ4n) is 4.92. The summed E-state index contributed by atoms with van der Waals surface area (Å²) in [5, 5.41) is 2.52. The molecule has 214 valence electrons. The number of esters is 1. The predicted octanol–water partition coefficient (Wildman–Crippen LogP) is 7.09. The third-order valence-electron chi connectivity index (χ3n) is 7.22. The van der Waals surface area contributed by atoms with Crippen molar-refractivity contribution in [3.8, 4) is 5.69 Å². The Kier molecular flexibility index (Phi) is 7.79. The van der Waals surface area contributed by atoms with Gasteiger partial charge in [0.15, 0.2) is 0 Å². The van der Waals surface area contributed by atoms with Crippen molar-refractivity contribution in [2.45, 2.75) is 70.4 Å². The van der Waals surface area contributed by atoms with Crippen LogP contribution in [0.5, 0.6) is 0 Å². The molecule has 0 saturated heterocycles. The van der Waals surface area contributed by atoms with Crippen molar-refractivity contribution >= 4 is 17.6 Å². The standard InChI is InChI=1S/C29H30F5N3O3/c1-5-9-27(3,4)23-15-37(16-35-23)24-19(25(38)40-6-2)13-18(14-22(24)31)36-26(39)28(10-11-28)20-8-7-17(12-21(20)30)29(32,33)34/h7-8,12-16H,5-6,9-11H2,1-4H3,(H,36,39). The predicted molar refractivity (Wildman–Crippen MR) is 138 cm³/mol. The third kappa shape index (κ3) is 5.59. The average molecular weight is 564 g/mol. The molecule has 6 nitrogen and oxygen atoms in total. The molecule has 4 rings (SSSR count). The van der Waals surface area contributed by atoms with E-state index in [2.05, 4.69) is 10.3 Å². The molecule has 1 saturated carbocycles. The van der Waals surface area contributed by atoms with Gasteiger partial charge in [0.05, 0.1) is 40.9 Å². The molecule has 1 aliphatic rings. The number of benzene rings is 2. The van der Waals surface area contributed by atoms with Crippen molar-refractivity contribution in [2.75, 3.05) is 11.9 Å². The van der Waals surface area contributed by atoms with E-state index in [1.54, 1.807) is 13.1 Å². The molecule has 0 unspecified atom stereocenters. The Morgan fingerprint density at radius 2 is 1.77 bits per heavy atom. The summed E-state index contributed by atoms with van der Waals surface area (Å²) >= 11 is 0. The molecule has 0 atom stereocenters. The number of carbonyl (C=O) groups excluding carboxylic acids is 2. The topological polar surface area (TPSA) is 73.2 Å². The minimum Gasteiger partial charge on any atom is -0.462 e. The molecule has 3 aromatic rings. The van der Waals surface area contributed by atoms with E-state index in [4.69, 9.17) is 4.74 Å². The van der Waals surface area contributed by atoms with Crippen LogP contribution in [0.3, 0.4) is 0 Å². The molecular weight excluding hydrogens is 533 g/mol. The van der Waals surface area contributed by atoms with E-state index < -0.39 is 40.7 Å². The van der Waals surface area contributed by atoms with Crippen molar-refractivity contribution in [1.82, 2.24) is 9.55 Å². The van der Waals surface area contributed by atoms with Gasteiger partial charge in [-0.2, -0.15) is 13.2 Å². The van der Waals surface area contributed by atoms with Gasteiger partial charge in [-0.1, -0.05) is 33.3 Å². The summed E-state index contributed by atoms with van der Waals surface area (Å²) in [6.45, 7) is 7.68. The number of carbonyl (C=O) groups is 2. The largest absolute Gasteiger partial charge is 0.462 e. The van der Waals surface area contributed by atoms with E-state index in [-0.39, 0.29) is 47.4 Å². The van der Waals surface area contributed by atoms with Crippen LogP contribution in [0.4, 0.5) is 27.6 Å². The molecule has 2 aromatic carbocycles. The number of rotatable bonds is 9. The van der Waals surface area contributed by atoms with Crippen molar-refractivity contribution < 1.29 is 36.3 Å². The van der Waals surface area contributed by atoms with Crippen molar-refractivity contribution in [3.05, 3.63) is 76.9 Å². The van der Waals surface area contributed by atoms with Crippen molar-refractivity contribution in [3.63, 3.8) is 0 Å². The lowest BCUT2D eigenvalue weighted by atomic mass is 9.85. The Bertz CT molecular complexity index is 1440. The molecule has 0 radical (unpaired) electrons. The molecule has 0 aliphatic heterocycles. The normalized spacial score (nSPS) is 14.6. The van der Waals surface area contributed by atoms with Gasteiger partial charge < -0.3 is 14.6 Å². The summed E-state index contributed by atoms with van der Waals surface area (Å²) in [5.74, 6) is -3.55. The third-order valence-corrected chi connectivity index (χ3v) is 7.22. The average Bonchev–Trinajstić information content (AvgIpc) is 3.52. The van der Waals surface area contributed by atoms with Gasteiger partial charge in [-0.05, 0) is 50.5 Å². The van der Waals surface area contributed by atoms with Gasteiger partial charge >= 0.3 is 12.1 Å². The first kappa shape index (κ1) is 29.2. The number of aromatic nitrogens is 2. The lowest BCUT2D eigenvalue weighted by molar-refractivity contribution is -0.137. The first-order valence-electron chi connectivity index (χ1n) is 13.0. The van der Waals surface area contributed by atoms with Crippen LogP contribution in [-0.4, -0.2) is 28.0 Å². The Hall–Kier alpha value is -3.76. The number of alkyl halides is 3. The van der Waals surface area contributed by atoms with Gasteiger partial charge in [0.1, 0.15) is 11.6 Å². The van der Waals surface area contributed by atoms with Crippen molar-refractivity contribution in [1.29, 1.82) is 0 Å². The van der Waals surface area contributed by atoms with Crippen LogP contribution in [0.25, 0.3) is 5.69 Å². The Morgan fingerprint density at radius 1 is 1.07 bits per heavy atom. The zero-order valence-electron chi connectivity index (χ0n) is 22.6. The molecule has 1 aromatic heterocycles. The number of anilines is 1. The fraction of sp³-hybridized carbons (Fsp3) is 0.414. The molecule has 0 bridgehead atoms. The number of halogens is 5. The Morgan fingerprint density at radius 3 is 2.35 bits per heavy atom. The SMILES string of the molecule is CCCC(C)(C)c1cn(-c2c(F)cc(NC(=O)C3(c4ccc(C(F)(F)F)cc4F)CC3)cc2C(=O)OCC)cn1. The number of nitrogens with one attached hydrogen (secondary N) is 1. The maximum absolute atomic E-state index is 15.6. The van der Waals surface area contributed by atoms with Crippen LogP contribution in [0.2, 0.25) is 0 Å². The summed E-state index contributed by atoms with van der Waals surface area (Å²) in [7, 11) is 0. The van der Waals surface area contributed by atoms with Crippen LogP contribution in [0.1, 0.15) is 80.6 Å². The van der Waals surface area contributed by atoms with E-state index >= 15 is 4.39 Å². The molecule has 1 heterocycles. The lowest BCUT2D eigenvalue weighted by Gasteiger charge is -2.21. The summed E-state index contributed by atoms with van der Waals surface area (Å²) in [6.07, 6.45) is 0.441. The Labute approximate surface area is 228 Å². The van der Waals surface area contributed by atoms with Gasteiger partial charge in [-0.3, -0.25) is 4.79 Å². The first-order chi connectivity index (χ1) is 18.7. The number of nitrogens with zero attached hydrogens (tertiary/aromatic N) is 2. The highest BCUT2D eigenvalue weighted by atomic mass is 19.4. The zero-order valence-corrected chi connectivity index (χ0v) is 22.6. The van der Waals surface area contributed by atoms with E-state index in [0.29, 0.717) is 11.8 Å². The zero-order chi connectivity index (χ0) is 29.5. The van der Waals surface area contributed by atoms with Crippen LogP contribution < -0.4 is 5.32 Å². The first-order valence-corrected chi connectivity index (χ1v) is 13.0.